The molecule has 0 atom stereocenters. The van der Waals surface area contributed by atoms with Crippen molar-refractivity contribution >= 4 is 0 Å². The minimum absolute atomic E-state index is 0.103. The van der Waals surface area contributed by atoms with Crippen molar-refractivity contribution in [2.75, 3.05) is 6.61 Å². The maximum Gasteiger partial charge on any atom is 0.252 e. The summed E-state index contributed by atoms with van der Waals surface area (Å²) in [6.07, 6.45) is 0. The molecule has 0 aliphatic carbocycles. The summed E-state index contributed by atoms with van der Waals surface area (Å²) in [6.45, 7) is 2.13. The first kappa shape index (κ1) is 7.91. The maximum absolute atomic E-state index is 12.3. The van der Waals surface area contributed by atoms with Gasteiger partial charge in [-0.2, -0.15) is 9.37 Å². The Bertz CT molecular complexity index is 252. The van der Waals surface area contributed by atoms with Gasteiger partial charge in [0.1, 0.15) is 0 Å². The van der Waals surface area contributed by atoms with Crippen LogP contribution in [-0.4, -0.2) is 11.6 Å². The quantitative estimate of drug-likeness (QED) is 0.613. The number of aromatic nitrogens is 1. The third-order valence-corrected chi connectivity index (χ3v) is 1.07. The van der Waals surface area contributed by atoms with Crippen molar-refractivity contribution in [1.29, 1.82) is 0 Å². The van der Waals surface area contributed by atoms with E-state index in [0.29, 0.717) is 6.61 Å². The van der Waals surface area contributed by atoms with Gasteiger partial charge in [0, 0.05) is 6.07 Å². The highest BCUT2D eigenvalue weighted by molar-refractivity contribution is 5.11. The summed E-state index contributed by atoms with van der Waals surface area (Å²) >= 11 is 0. The summed E-state index contributed by atoms with van der Waals surface area (Å²) in [4.78, 5) is 3.20. The highest BCUT2D eigenvalue weighted by Crippen LogP contribution is 2.09. The lowest BCUT2D eigenvalue weighted by Gasteiger charge is -2.00. The Kier molecular flexibility index (Phi) is 2.36. The van der Waals surface area contributed by atoms with Gasteiger partial charge in [0.05, 0.1) is 6.61 Å². The summed E-state index contributed by atoms with van der Waals surface area (Å²) in [5.41, 5.74) is 0. The first-order chi connectivity index (χ1) is 5.24. The van der Waals surface area contributed by atoms with E-state index in [0.717, 1.165) is 6.07 Å². The molecule has 0 unspecified atom stereocenters. The Hall–Kier alpha value is -1.19. The summed E-state index contributed by atoms with van der Waals surface area (Å²) in [6, 6.07) is 2.26. The van der Waals surface area contributed by atoms with Crippen molar-refractivity contribution in [3.8, 4) is 5.88 Å². The summed E-state index contributed by atoms with van der Waals surface area (Å²) in [5, 5.41) is 0. The van der Waals surface area contributed by atoms with Crippen molar-refractivity contribution in [2.45, 2.75) is 6.92 Å². The van der Waals surface area contributed by atoms with Crippen LogP contribution < -0.4 is 4.74 Å². The van der Waals surface area contributed by atoms with E-state index in [9.17, 15) is 8.78 Å². The second-order valence-electron chi connectivity index (χ2n) is 1.86. The molecule has 0 aliphatic heterocycles. The van der Waals surface area contributed by atoms with E-state index in [2.05, 4.69) is 4.98 Å². The minimum Gasteiger partial charge on any atom is -0.478 e. The molecule has 0 amide bonds. The van der Waals surface area contributed by atoms with Crippen molar-refractivity contribution in [1.82, 2.24) is 4.98 Å². The van der Waals surface area contributed by atoms with E-state index >= 15 is 0 Å². The Balaban J connectivity index is 2.86. The lowest BCUT2D eigenvalue weighted by Crippen LogP contribution is -1.97. The lowest BCUT2D eigenvalue weighted by molar-refractivity contribution is 0.317. The monoisotopic (exact) mass is 159 g/mol. The molecule has 11 heavy (non-hydrogen) atoms. The number of ether oxygens (including phenoxy) is 1. The zero-order valence-corrected chi connectivity index (χ0v) is 5.97. The number of hydrogen-bond donors (Lipinski definition) is 0. The zero-order valence-electron chi connectivity index (χ0n) is 5.97. The van der Waals surface area contributed by atoms with Crippen LogP contribution in [0.2, 0.25) is 0 Å². The Morgan fingerprint density at radius 2 is 2.18 bits per heavy atom. The van der Waals surface area contributed by atoms with E-state index in [1.165, 1.54) is 6.07 Å². The van der Waals surface area contributed by atoms with Gasteiger partial charge >= 0.3 is 0 Å². The second kappa shape index (κ2) is 3.27. The summed E-state index contributed by atoms with van der Waals surface area (Å²) in [7, 11) is 0. The van der Waals surface area contributed by atoms with Crippen molar-refractivity contribution in [3.63, 3.8) is 0 Å². The van der Waals surface area contributed by atoms with Gasteiger partial charge in [0.15, 0.2) is 5.82 Å². The molecule has 2 nitrogen and oxygen atoms in total. The predicted molar refractivity (Wildman–Crippen MR) is 35.3 cm³/mol. The fourth-order valence-electron chi connectivity index (χ4n) is 0.629. The van der Waals surface area contributed by atoms with Crippen LogP contribution in [0, 0.1) is 11.8 Å². The van der Waals surface area contributed by atoms with E-state index in [1.54, 1.807) is 6.92 Å². The van der Waals surface area contributed by atoms with Crippen LogP contribution in [0.1, 0.15) is 6.92 Å². The maximum atomic E-state index is 12.3. The van der Waals surface area contributed by atoms with Gasteiger partial charge in [-0.15, -0.1) is 0 Å². The van der Waals surface area contributed by atoms with Gasteiger partial charge in [-0.1, -0.05) is 0 Å². The van der Waals surface area contributed by atoms with Crippen molar-refractivity contribution < 1.29 is 13.5 Å². The molecule has 0 N–H and O–H groups in total. The molecule has 0 radical (unpaired) electrons. The van der Waals surface area contributed by atoms with Crippen LogP contribution in [0.15, 0.2) is 12.1 Å². The molecule has 0 spiro atoms. The average molecular weight is 159 g/mol. The molecule has 0 saturated heterocycles. The third-order valence-electron chi connectivity index (χ3n) is 1.07. The Morgan fingerprint density at radius 1 is 1.45 bits per heavy atom. The standard InChI is InChI=1S/C7H7F2NO/c1-2-11-6-4-3-5(8)7(9)10-6/h3-4H,2H2,1H3. The number of nitrogens with zero attached hydrogens (tertiary/aromatic N) is 1. The second-order valence-corrected chi connectivity index (χ2v) is 1.86. The van der Waals surface area contributed by atoms with E-state index in [-0.39, 0.29) is 5.88 Å². The fraction of sp³-hybridized carbons (Fsp3) is 0.286. The number of pyridine rings is 1. The molecule has 4 heteroatoms. The van der Waals surface area contributed by atoms with Crippen LogP contribution in [0.25, 0.3) is 0 Å². The molecule has 0 aliphatic rings. The van der Waals surface area contributed by atoms with Gasteiger partial charge in [-0.25, -0.2) is 4.39 Å². The largest absolute Gasteiger partial charge is 0.478 e. The van der Waals surface area contributed by atoms with Gasteiger partial charge in [-0.05, 0) is 13.0 Å². The van der Waals surface area contributed by atoms with Crippen LogP contribution in [-0.2, 0) is 0 Å². The first-order valence-electron chi connectivity index (χ1n) is 3.19. The van der Waals surface area contributed by atoms with Crippen LogP contribution >= 0.6 is 0 Å². The van der Waals surface area contributed by atoms with Crippen LogP contribution in [0.5, 0.6) is 5.88 Å². The lowest BCUT2D eigenvalue weighted by atomic mass is 10.4. The summed E-state index contributed by atoms with van der Waals surface area (Å²) in [5.74, 6) is -1.99. The van der Waals surface area contributed by atoms with Gasteiger partial charge < -0.3 is 4.74 Å². The molecule has 0 fully saturated rings. The predicted octanol–water partition coefficient (Wildman–Crippen LogP) is 1.76. The van der Waals surface area contributed by atoms with Crippen molar-refractivity contribution in [2.24, 2.45) is 0 Å². The molecule has 1 heterocycles. The number of hydrogen-bond acceptors (Lipinski definition) is 2. The average Bonchev–Trinajstić information content (AvgIpc) is 1.98. The van der Waals surface area contributed by atoms with Gasteiger partial charge in [0.25, 0.3) is 5.95 Å². The summed E-state index contributed by atoms with van der Waals surface area (Å²) < 4.78 is 29.4. The van der Waals surface area contributed by atoms with E-state index < -0.39 is 11.8 Å². The fourth-order valence-corrected chi connectivity index (χ4v) is 0.629. The highest BCUT2D eigenvalue weighted by atomic mass is 19.2. The molecule has 60 valence electrons. The SMILES string of the molecule is CCOc1ccc(F)c(F)n1. The first-order valence-corrected chi connectivity index (χ1v) is 3.19. The molecule has 1 rings (SSSR count). The zero-order chi connectivity index (χ0) is 8.27. The van der Waals surface area contributed by atoms with Crippen molar-refractivity contribution in [3.05, 3.63) is 23.9 Å². The molecule has 1 aromatic heterocycles. The van der Waals surface area contributed by atoms with Crippen LogP contribution in [0.4, 0.5) is 8.78 Å². The minimum atomic E-state index is -1.13. The third kappa shape index (κ3) is 1.86. The van der Waals surface area contributed by atoms with Gasteiger partial charge in [-0.3, -0.25) is 0 Å². The van der Waals surface area contributed by atoms with E-state index in [1.807, 2.05) is 0 Å². The molecule has 0 saturated carbocycles. The molecule has 0 bridgehead atoms. The molecular weight excluding hydrogens is 152 g/mol. The number of rotatable bonds is 2. The van der Waals surface area contributed by atoms with E-state index in [4.69, 9.17) is 4.74 Å². The highest BCUT2D eigenvalue weighted by Gasteiger charge is 2.03. The topological polar surface area (TPSA) is 22.1 Å². The van der Waals surface area contributed by atoms with Crippen LogP contribution in [0.3, 0.4) is 0 Å². The normalized spacial score (nSPS) is 9.73. The van der Waals surface area contributed by atoms with Gasteiger partial charge in [0.2, 0.25) is 5.88 Å². The smallest absolute Gasteiger partial charge is 0.252 e. The molecule has 1 aromatic rings. The Morgan fingerprint density at radius 3 is 2.73 bits per heavy atom. The molecule has 0 aromatic carbocycles. The Labute approximate surface area is 62.8 Å². The molecular formula is C7H7F2NO. The number of halogens is 2.